The highest BCUT2D eigenvalue weighted by Gasteiger charge is 2.15. The molecule has 0 saturated carbocycles. The van der Waals surface area contributed by atoms with Crippen LogP contribution in [0, 0.1) is 0 Å². The second-order valence-electron chi connectivity index (χ2n) is 6.98. The summed E-state index contributed by atoms with van der Waals surface area (Å²) in [5.74, 6) is 1.07. The van der Waals surface area contributed by atoms with Gasteiger partial charge in [0.05, 0.1) is 5.56 Å². The normalized spacial score (nSPS) is 14.0. The number of fused-ring (bicyclic) bond motifs is 1. The molecule has 3 aromatic rings. The Kier molecular flexibility index (Phi) is 5.79. The van der Waals surface area contributed by atoms with E-state index in [0.717, 1.165) is 42.2 Å². The molecule has 7 heteroatoms. The van der Waals surface area contributed by atoms with Gasteiger partial charge in [-0.3, -0.25) is 9.78 Å². The van der Waals surface area contributed by atoms with Crippen LogP contribution in [0.1, 0.15) is 17.5 Å². The van der Waals surface area contributed by atoms with Crippen LogP contribution in [0.15, 0.2) is 64.5 Å². The quantitative estimate of drug-likeness (QED) is 0.465. The molecule has 0 spiro atoms. The Hall–Kier alpha value is -3.29. The molecule has 4 rings (SSSR count). The van der Waals surface area contributed by atoms with Crippen molar-refractivity contribution in [2.24, 2.45) is 10.7 Å². The van der Waals surface area contributed by atoms with Crippen molar-refractivity contribution in [3.8, 4) is 11.1 Å². The molecule has 0 radical (unpaired) electrons. The number of hydrogen-bond donors (Lipinski definition) is 4. The first-order chi connectivity index (χ1) is 14.2. The Balaban J connectivity index is 1.45. The van der Waals surface area contributed by atoms with Crippen LogP contribution in [-0.4, -0.2) is 28.9 Å². The number of nitrogens with zero attached hydrogens (tertiary/aromatic N) is 2. The highest BCUT2D eigenvalue weighted by atomic mass is 16.1. The third kappa shape index (κ3) is 4.59. The van der Waals surface area contributed by atoms with E-state index >= 15 is 0 Å². The van der Waals surface area contributed by atoms with Gasteiger partial charge in [-0.05, 0) is 42.3 Å². The van der Waals surface area contributed by atoms with Crippen molar-refractivity contribution >= 4 is 17.5 Å². The van der Waals surface area contributed by atoms with Gasteiger partial charge in [-0.25, -0.2) is 4.98 Å². The number of amidine groups is 1. The fourth-order valence-electron chi connectivity index (χ4n) is 3.28. The molecule has 1 aromatic heterocycles. The van der Waals surface area contributed by atoms with Crippen LogP contribution in [0.2, 0.25) is 0 Å². The van der Waals surface area contributed by atoms with Crippen LogP contribution >= 0.6 is 0 Å². The van der Waals surface area contributed by atoms with Crippen LogP contribution < -0.4 is 21.9 Å². The second kappa shape index (κ2) is 8.81. The minimum Gasteiger partial charge on any atom is -0.343 e. The molecule has 0 bridgehead atoms. The van der Waals surface area contributed by atoms with Gasteiger partial charge in [0.2, 0.25) is 5.95 Å². The van der Waals surface area contributed by atoms with Crippen LogP contribution in [0.3, 0.4) is 0 Å². The number of rotatable bonds is 7. The van der Waals surface area contributed by atoms with Crippen molar-refractivity contribution < 1.29 is 0 Å². The maximum Gasteiger partial charge on any atom is 0.260 e. The average molecular weight is 388 g/mol. The molecule has 0 unspecified atom stereocenters. The summed E-state index contributed by atoms with van der Waals surface area (Å²) in [6.45, 7) is 2.36. The van der Waals surface area contributed by atoms with E-state index in [9.17, 15) is 4.79 Å². The highest BCUT2D eigenvalue weighted by Crippen LogP contribution is 2.23. The van der Waals surface area contributed by atoms with E-state index in [4.69, 9.17) is 5.73 Å². The van der Waals surface area contributed by atoms with Crippen LogP contribution in [0.5, 0.6) is 0 Å². The molecule has 148 valence electrons. The van der Waals surface area contributed by atoms with E-state index < -0.39 is 0 Å². The Morgan fingerprint density at radius 2 is 1.97 bits per heavy atom. The Morgan fingerprint density at radius 3 is 2.72 bits per heavy atom. The molecule has 29 heavy (non-hydrogen) atoms. The number of anilines is 1. The number of aromatic nitrogens is 2. The summed E-state index contributed by atoms with van der Waals surface area (Å²) >= 11 is 0. The Labute approximate surface area is 169 Å². The van der Waals surface area contributed by atoms with Gasteiger partial charge in [0, 0.05) is 24.8 Å². The second-order valence-corrected chi connectivity index (χ2v) is 6.98. The summed E-state index contributed by atoms with van der Waals surface area (Å²) in [7, 11) is 0. The van der Waals surface area contributed by atoms with Gasteiger partial charge in [0.1, 0.15) is 5.84 Å². The van der Waals surface area contributed by atoms with Crippen molar-refractivity contribution in [1.29, 1.82) is 0 Å². The average Bonchev–Trinajstić information content (AvgIpc) is 3.14. The molecule has 1 aliphatic rings. The third-order valence-electron chi connectivity index (χ3n) is 4.83. The summed E-state index contributed by atoms with van der Waals surface area (Å²) < 4.78 is 0. The standard InChI is InChI=1S/C22H24N6O/c23-10-3-11-24-13-15-6-8-16(9-7-15)18-14-25-22(28-21(18)29)27-20-12-17-4-1-2-5-19(17)26-20/h1-2,4-9,14,24H,3,10-13,23H2,(H2,25,26,27,28,29). The molecule has 0 saturated heterocycles. The number of aliphatic imine (C=N–C) groups is 1. The number of benzene rings is 2. The summed E-state index contributed by atoms with van der Waals surface area (Å²) in [6, 6.07) is 15.9. The van der Waals surface area contributed by atoms with Crippen molar-refractivity contribution in [2.75, 3.05) is 18.4 Å². The zero-order chi connectivity index (χ0) is 20.1. The number of aromatic amines is 1. The monoisotopic (exact) mass is 388 g/mol. The largest absolute Gasteiger partial charge is 0.343 e. The Morgan fingerprint density at radius 1 is 1.14 bits per heavy atom. The molecule has 2 aromatic carbocycles. The lowest BCUT2D eigenvalue weighted by Crippen LogP contribution is -2.17. The van der Waals surface area contributed by atoms with Crippen molar-refractivity contribution in [3.63, 3.8) is 0 Å². The first kappa shape index (κ1) is 19.0. The molecular formula is C22H24N6O. The third-order valence-corrected chi connectivity index (χ3v) is 4.83. The van der Waals surface area contributed by atoms with Crippen LogP contribution in [0.4, 0.5) is 11.6 Å². The van der Waals surface area contributed by atoms with E-state index in [-0.39, 0.29) is 5.56 Å². The molecule has 2 heterocycles. The molecule has 1 aliphatic heterocycles. The molecule has 0 atom stereocenters. The maximum absolute atomic E-state index is 12.6. The van der Waals surface area contributed by atoms with E-state index in [1.54, 1.807) is 6.20 Å². The Bertz CT molecular complexity index is 1040. The van der Waals surface area contributed by atoms with E-state index in [1.807, 2.05) is 42.5 Å². The van der Waals surface area contributed by atoms with Crippen molar-refractivity contribution in [3.05, 3.63) is 76.2 Å². The minimum absolute atomic E-state index is 0.205. The van der Waals surface area contributed by atoms with Crippen molar-refractivity contribution in [2.45, 2.75) is 19.4 Å². The molecule has 0 amide bonds. The molecule has 5 N–H and O–H groups in total. The summed E-state index contributed by atoms with van der Waals surface area (Å²) in [5.41, 5.74) is 10.0. The van der Waals surface area contributed by atoms with Gasteiger partial charge >= 0.3 is 0 Å². The first-order valence-electron chi connectivity index (χ1n) is 9.75. The van der Waals surface area contributed by atoms with Gasteiger partial charge in [-0.15, -0.1) is 0 Å². The lowest BCUT2D eigenvalue weighted by atomic mass is 10.1. The van der Waals surface area contributed by atoms with E-state index in [2.05, 4.69) is 31.7 Å². The zero-order valence-electron chi connectivity index (χ0n) is 16.1. The fraction of sp³-hybridized carbons (Fsp3) is 0.227. The maximum atomic E-state index is 12.6. The predicted octanol–water partition coefficient (Wildman–Crippen LogP) is 2.57. The molecule has 0 fully saturated rings. The first-order valence-corrected chi connectivity index (χ1v) is 9.75. The number of H-pyrrole nitrogens is 1. The van der Waals surface area contributed by atoms with E-state index in [1.165, 1.54) is 5.56 Å². The lowest BCUT2D eigenvalue weighted by molar-refractivity contribution is 0.655. The summed E-state index contributed by atoms with van der Waals surface area (Å²) in [5, 5.41) is 6.60. The summed E-state index contributed by atoms with van der Waals surface area (Å²) in [6.07, 6.45) is 3.23. The zero-order valence-corrected chi connectivity index (χ0v) is 16.1. The molecular weight excluding hydrogens is 364 g/mol. The lowest BCUT2D eigenvalue weighted by Gasteiger charge is -2.06. The number of nitrogens with one attached hydrogen (secondary N) is 3. The van der Waals surface area contributed by atoms with Crippen molar-refractivity contribution in [1.82, 2.24) is 15.3 Å². The topological polar surface area (TPSA) is 108 Å². The number of nitrogens with two attached hydrogens (primary N) is 1. The van der Waals surface area contributed by atoms with Gasteiger partial charge in [0.15, 0.2) is 0 Å². The van der Waals surface area contributed by atoms with Crippen LogP contribution in [0.25, 0.3) is 11.1 Å². The number of para-hydroxylation sites is 1. The van der Waals surface area contributed by atoms with Gasteiger partial charge < -0.3 is 16.4 Å². The van der Waals surface area contributed by atoms with Gasteiger partial charge in [-0.1, -0.05) is 42.5 Å². The molecule has 7 nitrogen and oxygen atoms in total. The SMILES string of the molecule is NCCCNCc1ccc(-c2cnc(N=C3Cc4ccccc4N3)[nH]c2=O)cc1. The highest BCUT2D eigenvalue weighted by molar-refractivity contribution is 6.03. The predicted molar refractivity (Wildman–Crippen MR) is 117 cm³/mol. The number of hydrogen-bond acceptors (Lipinski definition) is 5. The summed E-state index contributed by atoms with van der Waals surface area (Å²) in [4.78, 5) is 24.1. The fourth-order valence-corrected chi connectivity index (χ4v) is 3.28. The molecule has 0 aliphatic carbocycles. The minimum atomic E-state index is -0.205. The van der Waals surface area contributed by atoms with E-state index in [0.29, 0.717) is 24.5 Å². The van der Waals surface area contributed by atoms with Crippen LogP contribution in [-0.2, 0) is 13.0 Å². The van der Waals surface area contributed by atoms with Gasteiger partial charge in [-0.2, -0.15) is 4.99 Å². The smallest absolute Gasteiger partial charge is 0.260 e. The van der Waals surface area contributed by atoms with Gasteiger partial charge in [0.25, 0.3) is 5.56 Å².